The van der Waals surface area contributed by atoms with Crippen molar-refractivity contribution in [1.82, 2.24) is 0 Å². The molecule has 7 nitrogen and oxygen atoms in total. The number of aliphatic carboxylic acids is 1. The molecule has 1 aliphatic heterocycles. The lowest BCUT2D eigenvalue weighted by Gasteiger charge is -2.44. The molecule has 112 valence electrons. The molecule has 7 atom stereocenters. The maximum absolute atomic E-state index is 13.9. The van der Waals surface area contributed by atoms with Gasteiger partial charge in [-0.2, -0.15) is 4.39 Å². The van der Waals surface area contributed by atoms with Crippen LogP contribution in [0.5, 0.6) is 0 Å². The molecule has 19 heavy (non-hydrogen) atoms. The summed E-state index contributed by atoms with van der Waals surface area (Å²) in [6.45, 7) is 0.298. The van der Waals surface area contributed by atoms with Gasteiger partial charge in [-0.05, 0) is 0 Å². The number of rotatable bonds is 4. The zero-order valence-corrected chi connectivity index (χ0v) is 9.98. The van der Waals surface area contributed by atoms with E-state index in [9.17, 15) is 28.9 Å². The number of carboxylic acid groups (broad SMARTS) is 1. The lowest BCUT2D eigenvalue weighted by Crippen LogP contribution is -2.64. The predicted octanol–water partition coefficient (Wildman–Crippen LogP) is -1.82. The lowest BCUT2D eigenvalue weighted by atomic mass is 9.84. The van der Waals surface area contributed by atoms with Crippen LogP contribution in [0.2, 0.25) is 0 Å². The molecule has 1 rings (SSSR count). The molecular formula is C10H16F2O7. The van der Waals surface area contributed by atoms with E-state index in [1.165, 1.54) is 6.92 Å². The second kappa shape index (κ2) is 5.63. The smallest absolute Gasteiger partial charge is 0.372 e. The van der Waals surface area contributed by atoms with Crippen molar-refractivity contribution in [3.8, 4) is 0 Å². The average Bonchev–Trinajstić information content (AvgIpc) is 2.38. The number of aliphatic hydroxyl groups excluding tert-OH is 4. The van der Waals surface area contributed by atoms with Crippen molar-refractivity contribution in [2.75, 3.05) is 6.61 Å². The molecule has 0 amide bonds. The van der Waals surface area contributed by atoms with Gasteiger partial charge in [-0.25, -0.2) is 9.18 Å². The van der Waals surface area contributed by atoms with Crippen molar-refractivity contribution < 1.29 is 43.8 Å². The Hall–Kier alpha value is -0.870. The minimum atomic E-state index is -3.83. The van der Waals surface area contributed by atoms with E-state index >= 15 is 0 Å². The minimum Gasteiger partial charge on any atom is -0.477 e. The minimum absolute atomic E-state index is 0.894. The summed E-state index contributed by atoms with van der Waals surface area (Å²) in [6, 6.07) is 0. The number of ether oxygens (including phenoxy) is 1. The van der Waals surface area contributed by atoms with Gasteiger partial charge >= 0.3 is 11.8 Å². The van der Waals surface area contributed by atoms with E-state index < -0.39 is 54.9 Å². The molecule has 9 heteroatoms. The average molecular weight is 286 g/mol. The van der Waals surface area contributed by atoms with Gasteiger partial charge in [0.15, 0.2) is 6.17 Å². The molecule has 1 fully saturated rings. The first-order valence-corrected chi connectivity index (χ1v) is 5.56. The second-order valence-electron chi connectivity index (χ2n) is 4.52. The Morgan fingerprint density at radius 1 is 1.47 bits per heavy atom. The van der Waals surface area contributed by atoms with Crippen molar-refractivity contribution in [2.45, 2.75) is 43.4 Å². The van der Waals surface area contributed by atoms with E-state index in [2.05, 4.69) is 4.74 Å². The highest BCUT2D eigenvalue weighted by atomic mass is 19.2. The van der Waals surface area contributed by atoms with Crippen molar-refractivity contribution in [1.29, 1.82) is 0 Å². The molecular weight excluding hydrogens is 270 g/mol. The van der Waals surface area contributed by atoms with Crippen molar-refractivity contribution in [2.24, 2.45) is 5.92 Å². The molecule has 0 aliphatic carbocycles. The van der Waals surface area contributed by atoms with E-state index in [0.29, 0.717) is 0 Å². The molecule has 0 saturated carbocycles. The predicted molar refractivity (Wildman–Crippen MR) is 55.5 cm³/mol. The molecule has 0 aromatic rings. The SMILES string of the molecule is C[C@@H]1C(O)C(F)[C@](F)(C(=O)O)OC1[C@H](O)[C@H](O)CO. The standard InChI is InChI=1S/C10H16F2O7/c1-3-5(15)8(11)10(12,9(17)18)19-7(3)6(16)4(14)2-13/h3-8,13-16H,2H2,1H3,(H,17,18)/t3-,4-,5?,6-,7?,8?,10-/m1/s1. The van der Waals surface area contributed by atoms with Gasteiger partial charge < -0.3 is 30.3 Å². The zero-order valence-electron chi connectivity index (χ0n) is 9.98. The summed E-state index contributed by atoms with van der Waals surface area (Å²) in [4.78, 5) is 10.7. The Kier molecular flexibility index (Phi) is 4.80. The maximum Gasteiger partial charge on any atom is 0.372 e. The van der Waals surface area contributed by atoms with Crippen LogP contribution in [0.1, 0.15) is 6.92 Å². The van der Waals surface area contributed by atoms with Gasteiger partial charge in [0.25, 0.3) is 0 Å². The molecule has 3 unspecified atom stereocenters. The fourth-order valence-electron chi connectivity index (χ4n) is 1.93. The van der Waals surface area contributed by atoms with Crippen LogP contribution in [-0.2, 0) is 9.53 Å². The first kappa shape index (κ1) is 16.2. The van der Waals surface area contributed by atoms with Crippen LogP contribution in [0.4, 0.5) is 8.78 Å². The molecule has 0 aromatic heterocycles. The van der Waals surface area contributed by atoms with Crippen LogP contribution < -0.4 is 0 Å². The lowest BCUT2D eigenvalue weighted by molar-refractivity contribution is -0.301. The number of aliphatic hydroxyl groups is 4. The zero-order chi connectivity index (χ0) is 15.0. The molecule has 0 radical (unpaired) electrons. The Morgan fingerprint density at radius 3 is 2.42 bits per heavy atom. The van der Waals surface area contributed by atoms with Gasteiger partial charge in [0.1, 0.15) is 12.2 Å². The fourth-order valence-corrected chi connectivity index (χ4v) is 1.93. The summed E-state index contributed by atoms with van der Waals surface area (Å²) >= 11 is 0. The number of carbonyl (C=O) groups is 1. The highest BCUT2D eigenvalue weighted by Gasteiger charge is 2.61. The first-order chi connectivity index (χ1) is 8.66. The molecule has 0 spiro atoms. The molecule has 1 aliphatic rings. The second-order valence-corrected chi connectivity index (χ2v) is 4.52. The fraction of sp³-hybridized carbons (Fsp3) is 0.900. The third-order valence-corrected chi connectivity index (χ3v) is 3.23. The Balaban J connectivity index is 3.04. The van der Waals surface area contributed by atoms with Crippen LogP contribution in [0.15, 0.2) is 0 Å². The van der Waals surface area contributed by atoms with Gasteiger partial charge in [0.05, 0.1) is 18.8 Å². The number of halogens is 2. The van der Waals surface area contributed by atoms with E-state index in [0.717, 1.165) is 0 Å². The topological polar surface area (TPSA) is 127 Å². The number of hydrogen-bond acceptors (Lipinski definition) is 6. The Morgan fingerprint density at radius 2 is 2.00 bits per heavy atom. The van der Waals surface area contributed by atoms with Crippen LogP contribution >= 0.6 is 0 Å². The number of carboxylic acids is 1. The summed E-state index contributed by atoms with van der Waals surface area (Å²) < 4.78 is 31.8. The van der Waals surface area contributed by atoms with Gasteiger partial charge in [-0.3, -0.25) is 0 Å². The van der Waals surface area contributed by atoms with Crippen molar-refractivity contribution >= 4 is 5.97 Å². The normalized spacial score (nSPS) is 42.7. The van der Waals surface area contributed by atoms with E-state index in [-0.39, 0.29) is 0 Å². The first-order valence-electron chi connectivity index (χ1n) is 5.56. The highest BCUT2D eigenvalue weighted by Crippen LogP contribution is 2.38. The van der Waals surface area contributed by atoms with Crippen molar-refractivity contribution in [3.63, 3.8) is 0 Å². The maximum atomic E-state index is 13.9. The quantitative estimate of drug-likeness (QED) is 0.412. The summed E-state index contributed by atoms with van der Waals surface area (Å²) in [5, 5.41) is 45.6. The third kappa shape index (κ3) is 2.70. The Labute approximate surface area is 107 Å². The third-order valence-electron chi connectivity index (χ3n) is 3.23. The van der Waals surface area contributed by atoms with Crippen LogP contribution in [-0.4, -0.2) is 74.6 Å². The molecule has 1 saturated heterocycles. The monoisotopic (exact) mass is 286 g/mol. The molecule has 1 heterocycles. The summed E-state index contributed by atoms with van der Waals surface area (Å²) in [6.07, 6.45) is -10.2. The van der Waals surface area contributed by atoms with Crippen LogP contribution in [0.25, 0.3) is 0 Å². The van der Waals surface area contributed by atoms with E-state index in [1.54, 1.807) is 0 Å². The Bertz CT molecular complexity index is 338. The number of hydrogen-bond donors (Lipinski definition) is 5. The van der Waals surface area contributed by atoms with Crippen LogP contribution in [0, 0.1) is 5.92 Å². The highest BCUT2D eigenvalue weighted by molar-refractivity contribution is 5.76. The molecule has 0 bridgehead atoms. The van der Waals surface area contributed by atoms with E-state index in [4.69, 9.17) is 10.2 Å². The van der Waals surface area contributed by atoms with Gasteiger partial charge in [0, 0.05) is 5.92 Å². The van der Waals surface area contributed by atoms with Crippen LogP contribution in [0.3, 0.4) is 0 Å². The van der Waals surface area contributed by atoms with E-state index in [1.807, 2.05) is 0 Å². The summed E-state index contributed by atoms with van der Waals surface area (Å²) in [5.41, 5.74) is 0. The van der Waals surface area contributed by atoms with Gasteiger partial charge in [0.2, 0.25) is 0 Å². The van der Waals surface area contributed by atoms with Gasteiger partial charge in [-0.15, -0.1) is 0 Å². The largest absolute Gasteiger partial charge is 0.477 e. The van der Waals surface area contributed by atoms with Gasteiger partial charge in [-0.1, -0.05) is 6.92 Å². The number of alkyl halides is 2. The molecule has 5 N–H and O–H groups in total. The summed E-state index contributed by atoms with van der Waals surface area (Å²) in [5.74, 6) is -7.30. The van der Waals surface area contributed by atoms with Crippen molar-refractivity contribution in [3.05, 3.63) is 0 Å². The molecule has 0 aromatic carbocycles. The summed E-state index contributed by atoms with van der Waals surface area (Å²) in [7, 11) is 0.